The number of hydrogen-bond donors (Lipinski definition) is 0. The molecule has 0 aromatic rings. The fourth-order valence-corrected chi connectivity index (χ4v) is 2.94. The van der Waals surface area contributed by atoms with Crippen molar-refractivity contribution in [3.63, 3.8) is 0 Å². The molecule has 0 heterocycles. The molecule has 0 saturated heterocycles. The summed E-state index contributed by atoms with van der Waals surface area (Å²) in [6.07, 6.45) is 22.5. The number of rotatable bonds is 14. The summed E-state index contributed by atoms with van der Waals surface area (Å²) in [5.41, 5.74) is 0. The van der Waals surface area contributed by atoms with E-state index >= 15 is 0 Å². The maximum absolute atomic E-state index is 12.4. The van der Waals surface area contributed by atoms with E-state index in [1.54, 1.807) is 6.08 Å². The lowest BCUT2D eigenvalue weighted by Crippen LogP contribution is -2.33. The lowest BCUT2D eigenvalue weighted by Gasteiger charge is -2.24. The van der Waals surface area contributed by atoms with Crippen LogP contribution in [-0.2, 0) is 19.1 Å². The maximum Gasteiger partial charge on any atom is 0.313 e. The molecule has 1 aliphatic rings. The van der Waals surface area contributed by atoms with Crippen molar-refractivity contribution < 1.29 is 19.1 Å². The molecule has 0 fully saturated rings. The SMILES string of the molecule is C=CCCCC=CCOC(=O)C1C=CCCC1C(=O)OCC=CCCCC=C. The summed E-state index contributed by atoms with van der Waals surface area (Å²) in [7, 11) is 0. The smallest absolute Gasteiger partial charge is 0.313 e. The molecule has 0 aromatic heterocycles. The predicted molar refractivity (Wildman–Crippen MR) is 114 cm³/mol. The van der Waals surface area contributed by atoms with Gasteiger partial charge in [-0.15, -0.1) is 13.2 Å². The molecule has 2 atom stereocenters. The summed E-state index contributed by atoms with van der Waals surface area (Å²) < 4.78 is 10.7. The summed E-state index contributed by atoms with van der Waals surface area (Å²) in [6, 6.07) is 0. The van der Waals surface area contributed by atoms with Gasteiger partial charge in [0.25, 0.3) is 0 Å². The van der Waals surface area contributed by atoms with E-state index in [-0.39, 0.29) is 25.2 Å². The molecule has 0 amide bonds. The maximum atomic E-state index is 12.4. The van der Waals surface area contributed by atoms with Crippen LogP contribution in [0.15, 0.2) is 61.8 Å². The van der Waals surface area contributed by atoms with Crippen LogP contribution in [0.5, 0.6) is 0 Å². The lowest BCUT2D eigenvalue weighted by atomic mass is 9.84. The van der Waals surface area contributed by atoms with Crippen molar-refractivity contribution in [1.29, 1.82) is 0 Å². The monoisotopic (exact) mass is 386 g/mol. The number of allylic oxidation sites excluding steroid dienone is 5. The minimum atomic E-state index is -0.563. The first-order valence-electron chi connectivity index (χ1n) is 10.2. The Morgan fingerprint density at radius 1 is 0.857 bits per heavy atom. The second kappa shape index (κ2) is 15.7. The van der Waals surface area contributed by atoms with E-state index in [1.165, 1.54) is 0 Å². The molecule has 0 aromatic carbocycles. The molecule has 1 aliphatic carbocycles. The number of ether oxygens (including phenoxy) is 2. The second-order valence-electron chi connectivity index (χ2n) is 6.78. The first-order valence-corrected chi connectivity index (χ1v) is 10.2. The fraction of sp³-hybridized carbons (Fsp3) is 0.500. The Morgan fingerprint density at radius 2 is 1.43 bits per heavy atom. The lowest BCUT2D eigenvalue weighted by molar-refractivity contribution is -0.158. The van der Waals surface area contributed by atoms with E-state index in [0.29, 0.717) is 6.42 Å². The molecule has 2 unspecified atom stereocenters. The fourth-order valence-electron chi connectivity index (χ4n) is 2.94. The molecule has 0 aliphatic heterocycles. The molecular weight excluding hydrogens is 352 g/mol. The van der Waals surface area contributed by atoms with E-state index in [9.17, 15) is 9.59 Å². The Morgan fingerprint density at radius 3 is 2.00 bits per heavy atom. The third-order valence-electron chi connectivity index (χ3n) is 4.53. The summed E-state index contributed by atoms with van der Waals surface area (Å²) in [5, 5.41) is 0. The van der Waals surface area contributed by atoms with Gasteiger partial charge in [-0.1, -0.05) is 48.6 Å². The van der Waals surface area contributed by atoms with Crippen molar-refractivity contribution in [3.8, 4) is 0 Å². The summed E-state index contributed by atoms with van der Waals surface area (Å²) >= 11 is 0. The van der Waals surface area contributed by atoms with Gasteiger partial charge in [0.1, 0.15) is 13.2 Å². The number of esters is 2. The Bertz CT molecular complexity index is 571. The summed E-state index contributed by atoms with van der Waals surface area (Å²) in [4.78, 5) is 24.8. The van der Waals surface area contributed by atoms with E-state index in [1.807, 2.05) is 42.5 Å². The van der Waals surface area contributed by atoms with Gasteiger partial charge in [-0.25, -0.2) is 0 Å². The highest BCUT2D eigenvalue weighted by Crippen LogP contribution is 2.27. The van der Waals surface area contributed by atoms with Crippen molar-refractivity contribution in [1.82, 2.24) is 0 Å². The largest absolute Gasteiger partial charge is 0.461 e. The van der Waals surface area contributed by atoms with Gasteiger partial charge in [0.15, 0.2) is 0 Å². The van der Waals surface area contributed by atoms with Gasteiger partial charge >= 0.3 is 11.9 Å². The summed E-state index contributed by atoms with van der Waals surface area (Å²) in [6.45, 7) is 7.84. The Kier molecular flexibility index (Phi) is 13.3. The number of carbonyl (C=O) groups excluding carboxylic acids is 2. The van der Waals surface area contributed by atoms with Crippen LogP contribution in [0.2, 0.25) is 0 Å². The minimum Gasteiger partial charge on any atom is -0.461 e. The molecule has 0 radical (unpaired) electrons. The van der Waals surface area contributed by atoms with Crippen molar-refractivity contribution in [2.75, 3.05) is 13.2 Å². The zero-order valence-electron chi connectivity index (χ0n) is 16.9. The Hall–Kier alpha value is -2.36. The van der Waals surface area contributed by atoms with Crippen LogP contribution < -0.4 is 0 Å². The van der Waals surface area contributed by atoms with Gasteiger partial charge in [0, 0.05) is 0 Å². The van der Waals surface area contributed by atoms with Crippen molar-refractivity contribution >= 4 is 11.9 Å². The number of carbonyl (C=O) groups is 2. The first-order chi connectivity index (χ1) is 13.7. The molecule has 154 valence electrons. The topological polar surface area (TPSA) is 52.6 Å². The van der Waals surface area contributed by atoms with Crippen LogP contribution >= 0.6 is 0 Å². The first kappa shape index (κ1) is 23.7. The summed E-state index contributed by atoms with van der Waals surface area (Å²) in [5.74, 6) is -1.73. The molecule has 28 heavy (non-hydrogen) atoms. The zero-order valence-corrected chi connectivity index (χ0v) is 16.9. The van der Waals surface area contributed by atoms with Crippen LogP contribution in [0.4, 0.5) is 0 Å². The van der Waals surface area contributed by atoms with Crippen LogP contribution in [-0.4, -0.2) is 25.2 Å². The van der Waals surface area contributed by atoms with E-state index in [2.05, 4.69) is 13.2 Å². The third-order valence-corrected chi connectivity index (χ3v) is 4.53. The van der Waals surface area contributed by atoms with Crippen LogP contribution in [0, 0.1) is 11.8 Å². The Labute approximate surface area is 169 Å². The zero-order chi connectivity index (χ0) is 20.5. The van der Waals surface area contributed by atoms with Gasteiger partial charge < -0.3 is 9.47 Å². The molecule has 1 rings (SSSR count). The van der Waals surface area contributed by atoms with Crippen LogP contribution in [0.1, 0.15) is 51.4 Å². The highest BCUT2D eigenvalue weighted by Gasteiger charge is 2.35. The normalized spacial score (nSPS) is 19.0. The molecule has 0 saturated carbocycles. The molecule has 0 N–H and O–H groups in total. The average molecular weight is 387 g/mol. The molecule has 0 spiro atoms. The molecule has 4 heteroatoms. The highest BCUT2D eigenvalue weighted by atomic mass is 16.5. The number of hydrogen-bond acceptors (Lipinski definition) is 4. The van der Waals surface area contributed by atoms with Crippen molar-refractivity contribution in [2.24, 2.45) is 11.8 Å². The van der Waals surface area contributed by atoms with Gasteiger partial charge in [0.05, 0.1) is 11.8 Å². The van der Waals surface area contributed by atoms with Gasteiger partial charge in [-0.2, -0.15) is 0 Å². The standard InChI is InChI=1S/C24H34O4/c1-3-5-7-9-11-15-19-27-23(25)21-17-13-14-18-22(21)24(26)28-20-16-12-10-8-6-4-2/h3-4,11-13,15-17,21-22H,1-2,5-10,14,18-20H2. The minimum absolute atomic E-state index is 0.229. The second-order valence-corrected chi connectivity index (χ2v) is 6.78. The van der Waals surface area contributed by atoms with Gasteiger partial charge in [-0.3, -0.25) is 9.59 Å². The third kappa shape index (κ3) is 10.1. The quantitative estimate of drug-likeness (QED) is 0.225. The molecule has 4 nitrogen and oxygen atoms in total. The van der Waals surface area contributed by atoms with E-state index < -0.39 is 11.8 Å². The van der Waals surface area contributed by atoms with Crippen molar-refractivity contribution in [3.05, 3.63) is 61.8 Å². The molecule has 0 bridgehead atoms. The van der Waals surface area contributed by atoms with Crippen LogP contribution in [0.25, 0.3) is 0 Å². The van der Waals surface area contributed by atoms with E-state index in [0.717, 1.165) is 44.9 Å². The predicted octanol–water partition coefficient (Wildman–Crippen LogP) is 5.48. The Balaban J connectivity index is 2.38. The molecular formula is C24H34O4. The van der Waals surface area contributed by atoms with Crippen LogP contribution in [0.3, 0.4) is 0 Å². The van der Waals surface area contributed by atoms with E-state index in [4.69, 9.17) is 9.47 Å². The average Bonchev–Trinajstić information content (AvgIpc) is 2.72. The number of unbranched alkanes of at least 4 members (excludes halogenated alkanes) is 4. The van der Waals surface area contributed by atoms with Gasteiger partial charge in [-0.05, 0) is 51.4 Å². The van der Waals surface area contributed by atoms with Crippen molar-refractivity contribution in [2.45, 2.75) is 51.4 Å². The van der Waals surface area contributed by atoms with Gasteiger partial charge in [0.2, 0.25) is 0 Å². The highest BCUT2D eigenvalue weighted by molar-refractivity contribution is 5.84.